The molecule has 2 aromatic carbocycles. The summed E-state index contributed by atoms with van der Waals surface area (Å²) in [6.45, 7) is 6.74. The molecule has 0 N–H and O–H groups in total. The van der Waals surface area contributed by atoms with Crippen molar-refractivity contribution in [2.75, 3.05) is 0 Å². The molecular formula is C26H27N2+. The molecule has 140 valence electrons. The monoisotopic (exact) mass is 367 g/mol. The molecule has 0 saturated carbocycles. The van der Waals surface area contributed by atoms with Crippen molar-refractivity contribution in [3.8, 4) is 22.4 Å². The largest absolute Gasteiger partial charge is 0.264 e. The maximum absolute atomic E-state index is 4.27. The Labute approximate surface area is 167 Å². The van der Waals surface area contributed by atoms with Gasteiger partial charge in [0.2, 0.25) is 5.69 Å². The van der Waals surface area contributed by atoms with Gasteiger partial charge < -0.3 is 0 Å². The summed E-state index contributed by atoms with van der Waals surface area (Å²) >= 11 is 0. The second-order valence-electron chi connectivity index (χ2n) is 7.45. The van der Waals surface area contributed by atoms with Crippen LogP contribution in [0.5, 0.6) is 0 Å². The average Bonchev–Trinajstić information content (AvgIpc) is 2.74. The molecule has 0 radical (unpaired) electrons. The smallest absolute Gasteiger partial charge is 0.220 e. The molecule has 2 nitrogen and oxygen atoms in total. The van der Waals surface area contributed by atoms with Crippen molar-refractivity contribution in [2.45, 2.75) is 33.6 Å². The Morgan fingerprint density at radius 2 is 1.79 bits per heavy atom. The van der Waals surface area contributed by atoms with Crippen LogP contribution in [0.15, 0.2) is 67.1 Å². The van der Waals surface area contributed by atoms with E-state index in [4.69, 9.17) is 0 Å². The molecule has 0 atom stereocenters. The van der Waals surface area contributed by atoms with Crippen molar-refractivity contribution in [1.82, 2.24) is 4.98 Å². The second-order valence-corrected chi connectivity index (χ2v) is 7.45. The van der Waals surface area contributed by atoms with Crippen LogP contribution < -0.4 is 4.57 Å². The molecule has 0 spiro atoms. The number of aromatic nitrogens is 2. The lowest BCUT2D eigenvalue weighted by Gasteiger charge is -2.14. The van der Waals surface area contributed by atoms with Gasteiger partial charge in [0, 0.05) is 24.0 Å². The predicted molar refractivity (Wildman–Crippen MR) is 117 cm³/mol. The predicted octanol–water partition coefficient (Wildman–Crippen LogP) is 5.83. The number of aryl methyl sites for hydroxylation is 3. The topological polar surface area (TPSA) is 16.8 Å². The van der Waals surface area contributed by atoms with E-state index in [2.05, 4.69) is 86.0 Å². The molecule has 0 unspecified atom stereocenters. The van der Waals surface area contributed by atoms with Gasteiger partial charge in [0.15, 0.2) is 6.20 Å². The summed E-state index contributed by atoms with van der Waals surface area (Å²) in [4.78, 5) is 4.27. The minimum atomic E-state index is 1.06. The molecular weight excluding hydrogens is 340 g/mol. The van der Waals surface area contributed by atoms with Gasteiger partial charge >= 0.3 is 0 Å². The van der Waals surface area contributed by atoms with E-state index in [0.29, 0.717) is 0 Å². The SMILES string of the molecule is CCc1cc(CC)c(C)c(-c2c3ccc(-c4cccnc4)cc3cc[n+]2C)c1. The third kappa shape index (κ3) is 3.20. The molecule has 0 fully saturated rings. The molecule has 0 saturated heterocycles. The van der Waals surface area contributed by atoms with Crippen molar-refractivity contribution in [2.24, 2.45) is 7.05 Å². The van der Waals surface area contributed by atoms with Gasteiger partial charge in [-0.25, -0.2) is 4.57 Å². The molecule has 4 rings (SSSR count). The van der Waals surface area contributed by atoms with Crippen molar-refractivity contribution in [1.29, 1.82) is 0 Å². The summed E-state index contributed by atoms with van der Waals surface area (Å²) in [5, 5.41) is 2.55. The van der Waals surface area contributed by atoms with Crippen molar-refractivity contribution in [3.05, 3.63) is 83.8 Å². The highest BCUT2D eigenvalue weighted by Gasteiger charge is 2.19. The van der Waals surface area contributed by atoms with Crippen LogP contribution in [-0.4, -0.2) is 4.98 Å². The number of benzene rings is 2. The third-order valence-electron chi connectivity index (χ3n) is 5.75. The molecule has 0 aliphatic heterocycles. The van der Waals surface area contributed by atoms with E-state index in [9.17, 15) is 0 Å². The second kappa shape index (κ2) is 7.55. The summed E-state index contributed by atoms with van der Waals surface area (Å²) in [5.74, 6) is 0. The first kappa shape index (κ1) is 18.4. The summed E-state index contributed by atoms with van der Waals surface area (Å²) in [5.41, 5.74) is 9.22. The summed E-state index contributed by atoms with van der Waals surface area (Å²) in [7, 11) is 2.15. The number of rotatable bonds is 4. The van der Waals surface area contributed by atoms with Gasteiger partial charge in [0.25, 0.3) is 0 Å². The molecule has 0 aliphatic rings. The first-order valence-electron chi connectivity index (χ1n) is 10.1. The minimum Gasteiger partial charge on any atom is -0.264 e. The lowest BCUT2D eigenvalue weighted by atomic mass is 9.91. The Balaban J connectivity index is 1.97. The Morgan fingerprint density at radius 1 is 0.929 bits per heavy atom. The van der Waals surface area contributed by atoms with Crippen LogP contribution in [0.2, 0.25) is 0 Å². The minimum absolute atomic E-state index is 1.06. The fraction of sp³-hybridized carbons (Fsp3) is 0.231. The van der Waals surface area contributed by atoms with Crippen molar-refractivity contribution in [3.63, 3.8) is 0 Å². The van der Waals surface area contributed by atoms with Gasteiger partial charge in [-0.15, -0.1) is 0 Å². The van der Waals surface area contributed by atoms with Crippen LogP contribution in [-0.2, 0) is 19.9 Å². The van der Waals surface area contributed by atoms with Crippen LogP contribution in [0.3, 0.4) is 0 Å². The van der Waals surface area contributed by atoms with E-state index >= 15 is 0 Å². The highest BCUT2D eigenvalue weighted by atomic mass is 14.9. The first-order chi connectivity index (χ1) is 13.6. The zero-order valence-corrected chi connectivity index (χ0v) is 17.2. The van der Waals surface area contributed by atoms with E-state index in [0.717, 1.165) is 18.4 Å². The van der Waals surface area contributed by atoms with Crippen LogP contribution in [0.25, 0.3) is 33.2 Å². The quantitative estimate of drug-likeness (QED) is 0.415. The standard InChI is InChI=1S/C26H27N2/c1-5-19-14-20(6-2)18(3)25(15-19)26-24-10-9-21(23-8-7-12-27-17-23)16-22(24)11-13-28(26)4/h7-17H,5-6H2,1-4H3/q+1. The normalized spacial score (nSPS) is 11.1. The number of hydrogen-bond acceptors (Lipinski definition) is 1. The molecule has 0 aliphatic carbocycles. The van der Waals surface area contributed by atoms with Gasteiger partial charge in [0.1, 0.15) is 7.05 Å². The molecule has 0 bridgehead atoms. The van der Waals surface area contributed by atoms with Gasteiger partial charge in [-0.3, -0.25) is 4.98 Å². The summed E-state index contributed by atoms with van der Waals surface area (Å²) in [6, 6.07) is 17.8. The Bertz CT molecular complexity index is 1140. The molecule has 2 heterocycles. The molecule has 4 aromatic rings. The number of hydrogen-bond donors (Lipinski definition) is 0. The van der Waals surface area contributed by atoms with Crippen LogP contribution in [0, 0.1) is 6.92 Å². The van der Waals surface area contributed by atoms with E-state index in [1.165, 1.54) is 44.3 Å². The van der Waals surface area contributed by atoms with Crippen LogP contribution >= 0.6 is 0 Å². The van der Waals surface area contributed by atoms with Crippen molar-refractivity contribution >= 4 is 10.8 Å². The van der Waals surface area contributed by atoms with E-state index in [-0.39, 0.29) is 0 Å². The lowest BCUT2D eigenvalue weighted by Crippen LogP contribution is -2.31. The van der Waals surface area contributed by atoms with Crippen molar-refractivity contribution < 1.29 is 4.57 Å². The van der Waals surface area contributed by atoms with Crippen LogP contribution in [0.1, 0.15) is 30.5 Å². The third-order valence-corrected chi connectivity index (χ3v) is 5.75. The highest BCUT2D eigenvalue weighted by Crippen LogP contribution is 2.33. The highest BCUT2D eigenvalue weighted by molar-refractivity contribution is 5.96. The molecule has 2 aromatic heterocycles. The fourth-order valence-corrected chi connectivity index (χ4v) is 4.08. The van der Waals surface area contributed by atoms with E-state index in [1.807, 2.05) is 18.5 Å². The number of nitrogens with zero attached hydrogens (tertiary/aromatic N) is 2. The maximum atomic E-state index is 4.27. The Hall–Kier alpha value is -3.00. The van der Waals surface area contributed by atoms with Crippen LogP contribution in [0.4, 0.5) is 0 Å². The number of fused-ring (bicyclic) bond motifs is 1. The van der Waals surface area contributed by atoms with E-state index < -0.39 is 0 Å². The first-order valence-corrected chi connectivity index (χ1v) is 10.1. The van der Waals surface area contributed by atoms with Gasteiger partial charge in [-0.1, -0.05) is 32.0 Å². The lowest BCUT2D eigenvalue weighted by molar-refractivity contribution is -0.659. The Kier molecular flexibility index (Phi) is 4.95. The molecule has 2 heteroatoms. The maximum Gasteiger partial charge on any atom is 0.220 e. The summed E-state index contributed by atoms with van der Waals surface area (Å²) in [6.07, 6.45) is 8.03. The van der Waals surface area contributed by atoms with E-state index in [1.54, 1.807) is 0 Å². The number of pyridine rings is 2. The molecule has 0 amide bonds. The summed E-state index contributed by atoms with van der Waals surface area (Å²) < 4.78 is 2.26. The van der Waals surface area contributed by atoms with Gasteiger partial charge in [0.05, 0.1) is 10.9 Å². The average molecular weight is 368 g/mol. The Morgan fingerprint density at radius 3 is 2.50 bits per heavy atom. The zero-order valence-electron chi connectivity index (χ0n) is 17.2. The van der Waals surface area contributed by atoms with Gasteiger partial charge in [-0.2, -0.15) is 0 Å². The fourth-order valence-electron chi connectivity index (χ4n) is 4.08. The van der Waals surface area contributed by atoms with Gasteiger partial charge in [-0.05, 0) is 71.7 Å². The zero-order chi connectivity index (χ0) is 19.7. The molecule has 28 heavy (non-hydrogen) atoms.